The standard InChI is InChI=1S/C19H22OS/c1-13-7-5-6-8-17(13)11-21-12-19(20)18-10-15(3)14(2)9-16(18)4/h5-10H,11-12H2,1-4H3. The third kappa shape index (κ3) is 3.98. The maximum atomic E-state index is 12.4. The molecule has 2 heteroatoms. The fraction of sp³-hybridized carbons (Fsp3) is 0.316. The van der Waals surface area contributed by atoms with Gasteiger partial charge in [0.05, 0.1) is 5.75 Å². The largest absolute Gasteiger partial charge is 0.293 e. The molecule has 0 unspecified atom stereocenters. The molecule has 1 nitrogen and oxygen atoms in total. The molecule has 0 spiro atoms. The Bertz CT molecular complexity index is 659. The van der Waals surface area contributed by atoms with Gasteiger partial charge in [-0.3, -0.25) is 4.79 Å². The second-order valence-corrected chi connectivity index (χ2v) is 6.58. The monoisotopic (exact) mass is 298 g/mol. The molecule has 0 aliphatic heterocycles. The highest BCUT2D eigenvalue weighted by Gasteiger charge is 2.11. The fourth-order valence-electron chi connectivity index (χ4n) is 2.36. The highest BCUT2D eigenvalue weighted by molar-refractivity contribution is 7.99. The van der Waals surface area contributed by atoms with E-state index in [1.54, 1.807) is 11.8 Å². The van der Waals surface area contributed by atoms with Gasteiger partial charge in [0.15, 0.2) is 5.78 Å². The number of rotatable bonds is 5. The van der Waals surface area contributed by atoms with Gasteiger partial charge in [0, 0.05) is 11.3 Å². The molecule has 0 atom stereocenters. The number of benzene rings is 2. The summed E-state index contributed by atoms with van der Waals surface area (Å²) < 4.78 is 0. The van der Waals surface area contributed by atoms with E-state index in [-0.39, 0.29) is 5.78 Å². The Morgan fingerprint density at radius 3 is 2.29 bits per heavy atom. The Hall–Kier alpha value is -1.54. The first-order valence-electron chi connectivity index (χ1n) is 7.22. The molecule has 2 rings (SSSR count). The van der Waals surface area contributed by atoms with Crippen LogP contribution in [0.15, 0.2) is 36.4 Å². The van der Waals surface area contributed by atoms with Crippen LogP contribution in [0.2, 0.25) is 0 Å². The molecule has 2 aromatic carbocycles. The predicted molar refractivity (Wildman–Crippen MR) is 92.3 cm³/mol. The zero-order valence-electron chi connectivity index (χ0n) is 13.2. The molecule has 0 bridgehead atoms. The summed E-state index contributed by atoms with van der Waals surface area (Å²) >= 11 is 1.69. The predicted octanol–water partition coefficient (Wildman–Crippen LogP) is 5.04. The SMILES string of the molecule is Cc1cc(C)c(C(=O)CSCc2ccccc2C)cc1C. The minimum Gasteiger partial charge on any atom is -0.293 e. The lowest BCUT2D eigenvalue weighted by atomic mass is 9.99. The molecular formula is C19H22OS. The van der Waals surface area contributed by atoms with Crippen molar-refractivity contribution in [3.05, 3.63) is 69.8 Å². The zero-order valence-corrected chi connectivity index (χ0v) is 14.0. The van der Waals surface area contributed by atoms with Crippen LogP contribution in [0.25, 0.3) is 0 Å². The second-order valence-electron chi connectivity index (χ2n) is 5.59. The van der Waals surface area contributed by atoms with Crippen molar-refractivity contribution in [1.82, 2.24) is 0 Å². The summed E-state index contributed by atoms with van der Waals surface area (Å²) in [4.78, 5) is 12.4. The molecule has 0 heterocycles. The third-order valence-electron chi connectivity index (χ3n) is 3.89. The van der Waals surface area contributed by atoms with Crippen molar-refractivity contribution in [3.63, 3.8) is 0 Å². The van der Waals surface area contributed by atoms with Crippen molar-refractivity contribution in [2.24, 2.45) is 0 Å². The molecule has 0 fully saturated rings. The van der Waals surface area contributed by atoms with Gasteiger partial charge < -0.3 is 0 Å². The number of carbonyl (C=O) groups excluding carboxylic acids is 1. The van der Waals surface area contributed by atoms with Gasteiger partial charge in [-0.15, -0.1) is 11.8 Å². The Kier molecular flexibility index (Phi) is 5.24. The zero-order chi connectivity index (χ0) is 15.4. The summed E-state index contributed by atoms with van der Waals surface area (Å²) in [5.74, 6) is 1.66. The van der Waals surface area contributed by atoms with Gasteiger partial charge >= 0.3 is 0 Å². The molecule has 0 aromatic heterocycles. The molecule has 0 N–H and O–H groups in total. The minimum absolute atomic E-state index is 0.231. The van der Waals surface area contributed by atoms with Gasteiger partial charge in [0.2, 0.25) is 0 Å². The van der Waals surface area contributed by atoms with E-state index in [4.69, 9.17) is 0 Å². The van der Waals surface area contributed by atoms with Gasteiger partial charge in [0.25, 0.3) is 0 Å². The molecule has 110 valence electrons. The average Bonchev–Trinajstić information content (AvgIpc) is 2.44. The number of hydrogen-bond donors (Lipinski definition) is 0. The molecule has 21 heavy (non-hydrogen) atoms. The van der Waals surface area contributed by atoms with Crippen molar-refractivity contribution < 1.29 is 4.79 Å². The van der Waals surface area contributed by atoms with Gasteiger partial charge in [-0.05, 0) is 61.6 Å². The summed E-state index contributed by atoms with van der Waals surface area (Å²) in [5, 5.41) is 0. The van der Waals surface area contributed by atoms with Crippen LogP contribution in [0.1, 0.15) is 38.2 Å². The van der Waals surface area contributed by atoms with Gasteiger partial charge in [-0.2, -0.15) is 0 Å². The number of thioether (sulfide) groups is 1. The van der Waals surface area contributed by atoms with Gasteiger partial charge in [-0.25, -0.2) is 0 Å². The van der Waals surface area contributed by atoms with Crippen molar-refractivity contribution in [3.8, 4) is 0 Å². The number of aryl methyl sites for hydroxylation is 4. The van der Waals surface area contributed by atoms with Crippen LogP contribution in [0.3, 0.4) is 0 Å². The normalized spacial score (nSPS) is 10.7. The topological polar surface area (TPSA) is 17.1 Å². The van der Waals surface area contributed by atoms with E-state index in [0.29, 0.717) is 5.75 Å². The van der Waals surface area contributed by atoms with Crippen LogP contribution >= 0.6 is 11.8 Å². The van der Waals surface area contributed by atoms with E-state index in [0.717, 1.165) is 16.9 Å². The van der Waals surface area contributed by atoms with Crippen molar-refractivity contribution >= 4 is 17.5 Å². The van der Waals surface area contributed by atoms with Crippen molar-refractivity contribution in [2.45, 2.75) is 33.4 Å². The van der Waals surface area contributed by atoms with E-state index in [1.165, 1.54) is 22.3 Å². The summed E-state index contributed by atoms with van der Waals surface area (Å²) in [5.41, 5.74) is 6.99. The van der Waals surface area contributed by atoms with E-state index >= 15 is 0 Å². The third-order valence-corrected chi connectivity index (χ3v) is 4.87. The van der Waals surface area contributed by atoms with Crippen molar-refractivity contribution in [1.29, 1.82) is 0 Å². The van der Waals surface area contributed by atoms with Crippen LogP contribution in [-0.4, -0.2) is 11.5 Å². The Morgan fingerprint density at radius 2 is 1.57 bits per heavy atom. The maximum Gasteiger partial charge on any atom is 0.173 e. The Morgan fingerprint density at radius 1 is 0.905 bits per heavy atom. The fourth-order valence-corrected chi connectivity index (χ4v) is 3.35. The summed E-state index contributed by atoms with van der Waals surface area (Å²) in [6, 6.07) is 12.5. The van der Waals surface area contributed by atoms with Crippen LogP contribution < -0.4 is 0 Å². The molecule has 2 aromatic rings. The molecule has 0 saturated heterocycles. The number of Topliss-reactive ketones (excluding diaryl/α,β-unsaturated/α-hetero) is 1. The molecule has 0 saturated carbocycles. The van der Waals surface area contributed by atoms with E-state index in [9.17, 15) is 4.79 Å². The lowest BCUT2D eigenvalue weighted by Crippen LogP contribution is -2.06. The van der Waals surface area contributed by atoms with E-state index in [2.05, 4.69) is 45.0 Å². The van der Waals surface area contributed by atoms with Crippen LogP contribution in [0.5, 0.6) is 0 Å². The number of carbonyl (C=O) groups is 1. The first-order valence-corrected chi connectivity index (χ1v) is 8.38. The van der Waals surface area contributed by atoms with Crippen LogP contribution in [-0.2, 0) is 5.75 Å². The van der Waals surface area contributed by atoms with Crippen LogP contribution in [0, 0.1) is 27.7 Å². The summed E-state index contributed by atoms with van der Waals surface area (Å²) in [6.45, 7) is 8.28. The lowest BCUT2D eigenvalue weighted by Gasteiger charge is -2.09. The smallest absolute Gasteiger partial charge is 0.173 e. The number of hydrogen-bond acceptors (Lipinski definition) is 2. The molecule has 0 amide bonds. The Balaban J connectivity index is 2.00. The van der Waals surface area contributed by atoms with Crippen LogP contribution in [0.4, 0.5) is 0 Å². The average molecular weight is 298 g/mol. The second kappa shape index (κ2) is 6.95. The van der Waals surface area contributed by atoms with E-state index < -0.39 is 0 Å². The highest BCUT2D eigenvalue weighted by Crippen LogP contribution is 2.20. The maximum absolute atomic E-state index is 12.4. The molecule has 0 aliphatic rings. The van der Waals surface area contributed by atoms with Crippen molar-refractivity contribution in [2.75, 3.05) is 5.75 Å². The Labute approximate surface area is 131 Å². The quantitative estimate of drug-likeness (QED) is 0.720. The lowest BCUT2D eigenvalue weighted by molar-refractivity contribution is 0.102. The summed E-state index contributed by atoms with van der Waals surface area (Å²) in [7, 11) is 0. The first kappa shape index (κ1) is 15.8. The van der Waals surface area contributed by atoms with E-state index in [1.807, 2.05) is 19.1 Å². The minimum atomic E-state index is 0.231. The summed E-state index contributed by atoms with van der Waals surface area (Å²) in [6.07, 6.45) is 0. The van der Waals surface area contributed by atoms with Gasteiger partial charge in [-0.1, -0.05) is 30.3 Å². The molecule has 0 aliphatic carbocycles. The van der Waals surface area contributed by atoms with Gasteiger partial charge in [0.1, 0.15) is 0 Å². The molecule has 0 radical (unpaired) electrons. The first-order chi connectivity index (χ1) is 9.99. The molecular weight excluding hydrogens is 276 g/mol. The highest BCUT2D eigenvalue weighted by atomic mass is 32.2. The number of ketones is 1.